The van der Waals surface area contributed by atoms with E-state index in [1.807, 2.05) is 0 Å². The van der Waals surface area contributed by atoms with Crippen LogP contribution in [0.4, 0.5) is 5.69 Å². The largest absolute Gasteiger partial charge is 0.321 e. The van der Waals surface area contributed by atoms with Gasteiger partial charge >= 0.3 is 0 Å². The number of aromatic nitrogens is 2. The van der Waals surface area contributed by atoms with E-state index in [2.05, 4.69) is 20.2 Å². The van der Waals surface area contributed by atoms with Gasteiger partial charge in [0.05, 0.1) is 10.3 Å². The number of hydrogen-bond acceptors (Lipinski definition) is 5. The van der Waals surface area contributed by atoms with E-state index in [0.29, 0.717) is 22.0 Å². The molecule has 134 valence electrons. The van der Waals surface area contributed by atoms with Crippen molar-refractivity contribution in [3.63, 3.8) is 0 Å². The molecule has 0 bridgehead atoms. The van der Waals surface area contributed by atoms with Gasteiger partial charge in [-0.15, -0.1) is 0 Å². The van der Waals surface area contributed by atoms with E-state index in [4.69, 9.17) is 0 Å². The minimum atomic E-state index is -3.66. The summed E-state index contributed by atoms with van der Waals surface area (Å²) < 4.78 is 26.4. The van der Waals surface area contributed by atoms with Crippen LogP contribution >= 0.6 is 0 Å². The first-order valence-electron chi connectivity index (χ1n) is 7.66. The lowest BCUT2D eigenvalue weighted by Gasteiger charge is -2.11. The number of fused-ring (bicyclic) bond motifs is 1. The lowest BCUT2D eigenvalue weighted by atomic mass is 10.1. The van der Waals surface area contributed by atoms with Gasteiger partial charge < -0.3 is 5.32 Å². The summed E-state index contributed by atoms with van der Waals surface area (Å²) in [5.74, 6) is -0.561. The van der Waals surface area contributed by atoms with Crippen LogP contribution in [0.1, 0.15) is 16.1 Å². The highest BCUT2D eigenvalue weighted by molar-refractivity contribution is 7.89. The molecule has 0 radical (unpaired) electrons. The van der Waals surface area contributed by atoms with Crippen LogP contribution in [0.25, 0.3) is 10.8 Å². The number of carbonyl (C=O) groups is 1. The fourth-order valence-corrected chi connectivity index (χ4v) is 3.55. The molecule has 9 heteroatoms. The lowest BCUT2D eigenvalue weighted by molar-refractivity contribution is 0.102. The third-order valence-electron chi connectivity index (χ3n) is 3.92. The van der Waals surface area contributed by atoms with Crippen molar-refractivity contribution in [2.24, 2.45) is 0 Å². The van der Waals surface area contributed by atoms with Crippen LogP contribution in [-0.2, 0) is 10.0 Å². The third kappa shape index (κ3) is 3.22. The van der Waals surface area contributed by atoms with Crippen molar-refractivity contribution in [2.75, 3.05) is 12.4 Å². The summed E-state index contributed by atoms with van der Waals surface area (Å²) in [6.07, 6.45) is 0. The molecule has 26 heavy (non-hydrogen) atoms. The molecule has 1 aromatic heterocycles. The Balaban J connectivity index is 2.01. The number of aromatic amines is 1. The Kier molecular flexibility index (Phi) is 4.58. The average molecular weight is 372 g/mol. The number of hydrogen-bond donors (Lipinski definition) is 3. The van der Waals surface area contributed by atoms with Crippen LogP contribution in [0.15, 0.2) is 52.2 Å². The van der Waals surface area contributed by atoms with Crippen molar-refractivity contribution >= 4 is 32.4 Å². The van der Waals surface area contributed by atoms with E-state index in [0.717, 1.165) is 0 Å². The second kappa shape index (κ2) is 6.70. The van der Waals surface area contributed by atoms with Crippen molar-refractivity contribution in [1.29, 1.82) is 0 Å². The fraction of sp³-hybridized carbons (Fsp3) is 0.118. The van der Waals surface area contributed by atoms with E-state index < -0.39 is 21.5 Å². The minimum absolute atomic E-state index is 0.0406. The maximum absolute atomic E-state index is 12.6. The number of nitrogens with one attached hydrogen (secondary N) is 3. The summed E-state index contributed by atoms with van der Waals surface area (Å²) in [7, 11) is -2.34. The molecule has 2 aromatic carbocycles. The van der Waals surface area contributed by atoms with Gasteiger partial charge in [-0.1, -0.05) is 24.3 Å². The maximum atomic E-state index is 12.6. The summed E-state index contributed by atoms with van der Waals surface area (Å²) in [5, 5.41) is 9.49. The van der Waals surface area contributed by atoms with Crippen molar-refractivity contribution in [2.45, 2.75) is 11.8 Å². The molecule has 0 aliphatic carbocycles. The molecule has 3 rings (SSSR count). The number of aryl methyl sites for hydroxylation is 1. The van der Waals surface area contributed by atoms with E-state index in [-0.39, 0.29) is 10.6 Å². The van der Waals surface area contributed by atoms with Crippen molar-refractivity contribution in [3.8, 4) is 0 Å². The first kappa shape index (κ1) is 17.8. The number of H-pyrrole nitrogens is 1. The Hall–Kier alpha value is -3.04. The Morgan fingerprint density at radius 2 is 1.81 bits per heavy atom. The molecule has 0 aliphatic rings. The van der Waals surface area contributed by atoms with Crippen LogP contribution in [-0.4, -0.2) is 31.6 Å². The standard InChI is InChI=1S/C17H16N4O4S/c1-10-7-8-11(9-14(10)26(24,25)18-2)19-17(23)15-12-5-3-4-6-13(12)16(22)21-20-15/h3-9,18H,1-2H3,(H,19,23)(H,21,22). The number of amides is 1. The van der Waals surface area contributed by atoms with Crippen LogP contribution in [0.2, 0.25) is 0 Å². The number of rotatable bonds is 4. The predicted molar refractivity (Wildman–Crippen MR) is 97.7 cm³/mol. The smallest absolute Gasteiger partial charge is 0.276 e. The predicted octanol–water partition coefficient (Wildman–Crippen LogP) is 1.39. The fourth-order valence-electron chi connectivity index (χ4n) is 2.56. The molecular formula is C17H16N4O4S. The number of nitrogens with zero attached hydrogens (tertiary/aromatic N) is 1. The Morgan fingerprint density at radius 1 is 1.12 bits per heavy atom. The summed E-state index contributed by atoms with van der Waals surface area (Å²) in [6.45, 7) is 1.66. The van der Waals surface area contributed by atoms with E-state index >= 15 is 0 Å². The molecular weight excluding hydrogens is 356 g/mol. The highest BCUT2D eigenvalue weighted by Gasteiger charge is 2.18. The lowest BCUT2D eigenvalue weighted by Crippen LogP contribution is -2.21. The highest BCUT2D eigenvalue weighted by Crippen LogP contribution is 2.21. The summed E-state index contributed by atoms with van der Waals surface area (Å²) in [5.41, 5.74) is 0.491. The molecule has 1 heterocycles. The molecule has 0 aliphatic heterocycles. The molecule has 8 nitrogen and oxygen atoms in total. The first-order chi connectivity index (χ1) is 12.3. The Bertz CT molecular complexity index is 1170. The summed E-state index contributed by atoms with van der Waals surface area (Å²) >= 11 is 0. The zero-order chi connectivity index (χ0) is 18.9. The molecule has 0 fully saturated rings. The quantitative estimate of drug-likeness (QED) is 0.639. The molecule has 0 saturated heterocycles. The second-order valence-electron chi connectivity index (χ2n) is 5.59. The minimum Gasteiger partial charge on any atom is -0.321 e. The topological polar surface area (TPSA) is 121 Å². The van der Waals surface area contributed by atoms with Gasteiger partial charge in [0.2, 0.25) is 10.0 Å². The van der Waals surface area contributed by atoms with Crippen LogP contribution in [0.5, 0.6) is 0 Å². The highest BCUT2D eigenvalue weighted by atomic mass is 32.2. The zero-order valence-corrected chi connectivity index (χ0v) is 14.8. The van der Waals surface area contributed by atoms with Crippen molar-refractivity contribution in [3.05, 3.63) is 64.1 Å². The van der Waals surface area contributed by atoms with Gasteiger partial charge in [-0.25, -0.2) is 18.2 Å². The summed E-state index contributed by atoms with van der Waals surface area (Å²) in [4.78, 5) is 24.5. The van der Waals surface area contributed by atoms with E-state index in [1.165, 1.54) is 13.1 Å². The number of anilines is 1. The average Bonchev–Trinajstić information content (AvgIpc) is 2.63. The van der Waals surface area contributed by atoms with Gasteiger partial charge in [0.1, 0.15) is 0 Å². The maximum Gasteiger partial charge on any atom is 0.276 e. The van der Waals surface area contributed by atoms with Crippen LogP contribution in [0, 0.1) is 6.92 Å². The van der Waals surface area contributed by atoms with E-state index in [9.17, 15) is 18.0 Å². The van der Waals surface area contributed by atoms with Gasteiger partial charge in [-0.05, 0) is 37.7 Å². The monoisotopic (exact) mass is 372 g/mol. The number of carbonyl (C=O) groups excluding carboxylic acids is 1. The molecule has 0 unspecified atom stereocenters. The Morgan fingerprint density at radius 3 is 2.50 bits per heavy atom. The summed E-state index contributed by atoms with van der Waals surface area (Å²) in [6, 6.07) is 11.2. The number of benzene rings is 2. The normalized spacial score (nSPS) is 11.5. The molecule has 0 atom stereocenters. The second-order valence-corrected chi connectivity index (χ2v) is 7.44. The molecule has 0 saturated carbocycles. The van der Waals surface area contributed by atoms with Crippen LogP contribution in [0.3, 0.4) is 0 Å². The van der Waals surface area contributed by atoms with Gasteiger partial charge in [0.25, 0.3) is 11.5 Å². The van der Waals surface area contributed by atoms with Gasteiger partial charge in [-0.2, -0.15) is 5.10 Å². The molecule has 3 N–H and O–H groups in total. The third-order valence-corrected chi connectivity index (χ3v) is 5.47. The van der Waals surface area contributed by atoms with Gasteiger partial charge in [0.15, 0.2) is 5.69 Å². The molecule has 1 amide bonds. The van der Waals surface area contributed by atoms with Crippen LogP contribution < -0.4 is 15.6 Å². The first-order valence-corrected chi connectivity index (χ1v) is 9.15. The Labute approximate surface area is 149 Å². The molecule has 0 spiro atoms. The van der Waals surface area contributed by atoms with Gasteiger partial charge in [0, 0.05) is 11.1 Å². The van der Waals surface area contributed by atoms with Gasteiger partial charge in [-0.3, -0.25) is 9.59 Å². The number of sulfonamides is 1. The van der Waals surface area contributed by atoms with E-state index in [1.54, 1.807) is 43.3 Å². The van der Waals surface area contributed by atoms with Crippen molar-refractivity contribution < 1.29 is 13.2 Å². The zero-order valence-electron chi connectivity index (χ0n) is 14.0. The SMILES string of the molecule is CNS(=O)(=O)c1cc(NC(=O)c2n[nH]c(=O)c3ccccc23)ccc1C. The van der Waals surface area contributed by atoms with Crippen molar-refractivity contribution in [1.82, 2.24) is 14.9 Å². The molecule has 3 aromatic rings.